The molecule has 0 amide bonds. The molecule has 0 bridgehead atoms. The zero-order valence-corrected chi connectivity index (χ0v) is 12.6. The summed E-state index contributed by atoms with van der Waals surface area (Å²) in [6, 6.07) is 3.19. The Morgan fingerprint density at radius 3 is 2.79 bits per heavy atom. The van der Waals surface area contributed by atoms with E-state index in [1.807, 2.05) is 6.92 Å². The molecule has 5 nitrogen and oxygen atoms in total. The summed E-state index contributed by atoms with van der Waals surface area (Å²) in [7, 11) is 3.37. The molecular weight excluding hydrogens is 317 g/mol. The Morgan fingerprint density at radius 2 is 2.26 bits per heavy atom. The third-order valence-corrected chi connectivity index (χ3v) is 3.67. The number of oxime groups is 1. The van der Waals surface area contributed by atoms with Gasteiger partial charge in [0.05, 0.1) is 16.8 Å². The summed E-state index contributed by atoms with van der Waals surface area (Å²) in [4.78, 5) is 1.76. The van der Waals surface area contributed by atoms with Crippen LogP contribution in [0.15, 0.2) is 21.8 Å². The summed E-state index contributed by atoms with van der Waals surface area (Å²) < 4.78 is 19.5. The first kappa shape index (κ1) is 15.7. The largest absolute Gasteiger partial charge is 0.409 e. The van der Waals surface area contributed by atoms with E-state index in [-0.39, 0.29) is 16.4 Å². The van der Waals surface area contributed by atoms with Crippen LogP contribution in [0.4, 0.5) is 10.1 Å². The van der Waals surface area contributed by atoms with Gasteiger partial charge in [0.1, 0.15) is 0 Å². The van der Waals surface area contributed by atoms with Gasteiger partial charge in [-0.25, -0.2) is 4.39 Å². The van der Waals surface area contributed by atoms with Crippen LogP contribution in [0.1, 0.15) is 12.5 Å². The van der Waals surface area contributed by atoms with Crippen molar-refractivity contribution in [1.29, 1.82) is 0 Å². The van der Waals surface area contributed by atoms with Crippen molar-refractivity contribution in [3.8, 4) is 0 Å². The fourth-order valence-corrected chi connectivity index (χ4v) is 2.19. The molecule has 3 N–H and O–H groups in total. The standard InChI is InChI=1S/C12H17BrFN3O2/c1-7(6-19-3)17(2)9-5-4-8(12(15)16-18)10(13)11(9)14/h4-5,7,18H,6H2,1-3H3,(H2,15,16). The van der Waals surface area contributed by atoms with Gasteiger partial charge in [-0.05, 0) is 35.0 Å². The highest BCUT2D eigenvalue weighted by atomic mass is 79.9. The summed E-state index contributed by atoms with van der Waals surface area (Å²) in [6.07, 6.45) is 0. The topological polar surface area (TPSA) is 71.1 Å². The molecule has 106 valence electrons. The highest BCUT2D eigenvalue weighted by Gasteiger charge is 2.19. The summed E-state index contributed by atoms with van der Waals surface area (Å²) in [6.45, 7) is 2.41. The third-order valence-electron chi connectivity index (χ3n) is 2.89. The first-order valence-corrected chi connectivity index (χ1v) is 6.41. The van der Waals surface area contributed by atoms with E-state index in [9.17, 15) is 4.39 Å². The van der Waals surface area contributed by atoms with Crippen molar-refractivity contribution in [2.75, 3.05) is 25.7 Å². The molecule has 1 aromatic carbocycles. The van der Waals surface area contributed by atoms with Gasteiger partial charge in [-0.15, -0.1) is 0 Å². The van der Waals surface area contributed by atoms with Crippen LogP contribution in [-0.2, 0) is 4.74 Å². The zero-order valence-electron chi connectivity index (χ0n) is 11.0. The number of methoxy groups -OCH3 is 1. The Balaban J connectivity index is 3.16. The molecule has 19 heavy (non-hydrogen) atoms. The second-order valence-corrected chi connectivity index (χ2v) is 4.95. The molecule has 1 unspecified atom stereocenters. The molecule has 0 spiro atoms. The van der Waals surface area contributed by atoms with Gasteiger partial charge in [0.25, 0.3) is 0 Å². The van der Waals surface area contributed by atoms with Gasteiger partial charge < -0.3 is 20.6 Å². The third kappa shape index (κ3) is 3.36. The minimum Gasteiger partial charge on any atom is -0.409 e. The van der Waals surface area contributed by atoms with Crippen molar-refractivity contribution in [2.45, 2.75) is 13.0 Å². The Morgan fingerprint density at radius 1 is 1.63 bits per heavy atom. The molecule has 0 heterocycles. The van der Waals surface area contributed by atoms with Gasteiger partial charge in [0.15, 0.2) is 11.7 Å². The molecule has 0 radical (unpaired) electrons. The van der Waals surface area contributed by atoms with Crippen LogP contribution in [-0.4, -0.2) is 37.8 Å². The van der Waals surface area contributed by atoms with Crippen molar-refractivity contribution in [2.24, 2.45) is 10.9 Å². The number of nitrogens with two attached hydrogens (primary N) is 1. The van der Waals surface area contributed by atoms with Gasteiger partial charge in [0.2, 0.25) is 0 Å². The Labute approximate surface area is 120 Å². The van der Waals surface area contributed by atoms with Gasteiger partial charge in [0, 0.05) is 25.8 Å². The lowest BCUT2D eigenvalue weighted by molar-refractivity contribution is 0.183. The highest BCUT2D eigenvalue weighted by Crippen LogP contribution is 2.29. The molecule has 0 aromatic heterocycles. The van der Waals surface area contributed by atoms with E-state index in [0.717, 1.165) is 0 Å². The molecule has 0 fully saturated rings. The number of nitrogens with zero attached hydrogens (tertiary/aromatic N) is 2. The lowest BCUT2D eigenvalue weighted by Gasteiger charge is -2.27. The van der Waals surface area contributed by atoms with E-state index < -0.39 is 5.82 Å². The van der Waals surface area contributed by atoms with Crippen LogP contribution in [0.3, 0.4) is 0 Å². The van der Waals surface area contributed by atoms with E-state index >= 15 is 0 Å². The van der Waals surface area contributed by atoms with Crippen LogP contribution in [0.2, 0.25) is 0 Å². The molecule has 1 aromatic rings. The minimum absolute atomic E-state index is 0.0149. The van der Waals surface area contributed by atoms with Crippen LogP contribution in [0.5, 0.6) is 0 Å². The average Bonchev–Trinajstić information content (AvgIpc) is 2.40. The SMILES string of the molecule is COCC(C)N(C)c1ccc(/C(N)=N/O)c(Br)c1F. The van der Waals surface area contributed by atoms with Crippen molar-refractivity contribution in [1.82, 2.24) is 0 Å². The monoisotopic (exact) mass is 333 g/mol. The maximum atomic E-state index is 14.3. The maximum absolute atomic E-state index is 14.3. The van der Waals surface area contributed by atoms with Crippen LogP contribution in [0, 0.1) is 5.82 Å². The smallest absolute Gasteiger partial charge is 0.171 e. The molecule has 0 aliphatic rings. The van der Waals surface area contributed by atoms with Crippen LogP contribution >= 0.6 is 15.9 Å². The highest BCUT2D eigenvalue weighted by molar-refractivity contribution is 9.10. The number of ether oxygens (including phenoxy) is 1. The van der Waals surface area contributed by atoms with Crippen molar-refractivity contribution in [3.05, 3.63) is 28.0 Å². The predicted octanol–water partition coefficient (Wildman–Crippen LogP) is 2.15. The minimum atomic E-state index is -0.463. The second-order valence-electron chi connectivity index (χ2n) is 4.16. The van der Waals surface area contributed by atoms with E-state index in [2.05, 4.69) is 21.1 Å². The summed E-state index contributed by atoms with van der Waals surface area (Å²) >= 11 is 3.12. The zero-order chi connectivity index (χ0) is 14.6. The molecule has 7 heteroatoms. The fourth-order valence-electron chi connectivity index (χ4n) is 1.65. The van der Waals surface area contributed by atoms with Gasteiger partial charge in [-0.3, -0.25) is 0 Å². The number of benzene rings is 1. The Bertz CT molecular complexity index is 482. The Hall–Kier alpha value is -1.34. The number of rotatable bonds is 5. The summed E-state index contributed by atoms with van der Waals surface area (Å²) in [5, 5.41) is 11.5. The van der Waals surface area contributed by atoms with Crippen molar-refractivity contribution in [3.63, 3.8) is 0 Å². The molecule has 0 aliphatic carbocycles. The molecule has 1 atom stereocenters. The van der Waals surface area contributed by atoms with Gasteiger partial charge in [-0.2, -0.15) is 0 Å². The predicted molar refractivity (Wildman–Crippen MR) is 76.4 cm³/mol. The number of hydrogen-bond donors (Lipinski definition) is 2. The first-order chi connectivity index (χ1) is 8.93. The van der Waals surface area contributed by atoms with E-state index in [4.69, 9.17) is 15.7 Å². The number of halogens is 2. The molecule has 0 aliphatic heterocycles. The number of amidine groups is 1. The van der Waals surface area contributed by atoms with E-state index in [1.165, 1.54) is 0 Å². The van der Waals surface area contributed by atoms with Crippen molar-refractivity contribution < 1.29 is 14.3 Å². The first-order valence-electron chi connectivity index (χ1n) is 5.61. The molecule has 0 saturated heterocycles. The maximum Gasteiger partial charge on any atom is 0.171 e. The van der Waals surface area contributed by atoms with Gasteiger partial charge >= 0.3 is 0 Å². The lowest BCUT2D eigenvalue weighted by atomic mass is 10.1. The normalized spacial score (nSPS) is 13.4. The molecular formula is C12H17BrFN3O2. The lowest BCUT2D eigenvalue weighted by Crippen LogP contribution is -2.33. The summed E-state index contributed by atoms with van der Waals surface area (Å²) in [5.74, 6) is -0.612. The Kier molecular flexibility index (Phi) is 5.56. The number of likely N-dealkylation sites (N-methyl/N-ethyl adjacent to an activating group) is 1. The number of hydrogen-bond acceptors (Lipinski definition) is 4. The molecule has 0 saturated carbocycles. The number of anilines is 1. The molecule has 1 rings (SSSR count). The van der Waals surface area contributed by atoms with E-state index in [0.29, 0.717) is 17.9 Å². The second kappa shape index (κ2) is 6.72. The quantitative estimate of drug-likeness (QED) is 0.375. The van der Waals surface area contributed by atoms with E-state index in [1.54, 1.807) is 31.2 Å². The van der Waals surface area contributed by atoms with Crippen molar-refractivity contribution >= 4 is 27.5 Å². The van der Waals surface area contributed by atoms with Gasteiger partial charge in [-0.1, -0.05) is 5.16 Å². The van der Waals surface area contributed by atoms with Crippen LogP contribution < -0.4 is 10.6 Å². The summed E-state index contributed by atoms with van der Waals surface area (Å²) in [5.41, 5.74) is 6.18. The fraction of sp³-hybridized carbons (Fsp3) is 0.417. The average molecular weight is 334 g/mol. The van der Waals surface area contributed by atoms with Crippen LogP contribution in [0.25, 0.3) is 0 Å².